The quantitative estimate of drug-likeness (QED) is 0.0313. The Morgan fingerprint density at radius 3 is 1.54 bits per heavy atom. The van der Waals surface area contributed by atoms with Crippen LogP contribution in [0.3, 0.4) is 0 Å². The maximum absolute atomic E-state index is 12.0. The Bertz CT molecular complexity index is 1930. The van der Waals surface area contributed by atoms with Gasteiger partial charge in [-0.1, -0.05) is 65.8 Å². The number of rotatable bonds is 16. The summed E-state index contributed by atoms with van der Waals surface area (Å²) in [5, 5.41) is 30.7. The van der Waals surface area contributed by atoms with Crippen LogP contribution >= 0.6 is 8.25 Å². The van der Waals surface area contributed by atoms with E-state index >= 15 is 0 Å². The zero-order valence-electron chi connectivity index (χ0n) is 32.4. The molecule has 5 N–H and O–H groups in total. The number of aliphatic hydroxyl groups is 2. The van der Waals surface area contributed by atoms with Crippen LogP contribution < -0.4 is 30.2 Å². The van der Waals surface area contributed by atoms with Gasteiger partial charge < -0.3 is 49.9 Å². The molecule has 4 aromatic carbocycles. The number of aliphatic hydroxyl groups excluding tert-OH is 2. The van der Waals surface area contributed by atoms with Gasteiger partial charge in [-0.15, -0.1) is 0 Å². The molecule has 2 aliphatic rings. The SMILES string of the molecule is NC[C@H](O)CN(Cc1ccccc1)c1ccc(N2CCOCC2=O)cc1.O=[P+]([O-])OO.[HH].[N-]=[N+]=NC[C@H](O)CN(Cc1ccccc1)c1ccc(N2CCOCC2=O)cc1. The molecule has 0 spiro atoms. The van der Waals surface area contributed by atoms with Crippen molar-refractivity contribution in [3.8, 4) is 0 Å². The summed E-state index contributed by atoms with van der Waals surface area (Å²) in [6.45, 7) is 4.69. The van der Waals surface area contributed by atoms with Gasteiger partial charge in [0.15, 0.2) is 0 Å². The molecule has 6 rings (SSSR count). The largest absolute Gasteiger partial charge is 0.565 e. The number of hydrogen-bond acceptors (Lipinski definition) is 14. The molecule has 0 aliphatic carbocycles. The fourth-order valence-electron chi connectivity index (χ4n) is 6.17. The topological polar surface area (TPSA) is 250 Å². The molecule has 1 unspecified atom stereocenters. The highest BCUT2D eigenvalue weighted by atomic mass is 31.1. The van der Waals surface area contributed by atoms with Crippen molar-refractivity contribution in [1.29, 1.82) is 0 Å². The van der Waals surface area contributed by atoms with Crippen molar-refractivity contribution >= 4 is 42.8 Å². The van der Waals surface area contributed by atoms with E-state index in [0.717, 1.165) is 33.9 Å². The number of anilines is 4. The van der Waals surface area contributed by atoms with Gasteiger partial charge in [0, 0.05) is 79.6 Å². The molecule has 2 fully saturated rings. The number of nitrogens with zero attached hydrogens (tertiary/aromatic N) is 7. The van der Waals surface area contributed by atoms with Gasteiger partial charge >= 0.3 is 8.25 Å². The number of azide groups is 1. The smallest absolute Gasteiger partial charge is 0.521 e. The molecule has 3 atom stereocenters. The summed E-state index contributed by atoms with van der Waals surface area (Å²) in [4.78, 5) is 43.2. The fourth-order valence-corrected chi connectivity index (χ4v) is 6.17. The molecular weight excluding hydrogens is 783 g/mol. The van der Waals surface area contributed by atoms with Crippen molar-refractivity contribution in [1.82, 2.24) is 0 Å². The standard InChI is InChI=1S/C20H23N5O3.C20H25N3O3.HO4P.H2/c21-23-22-12-19(26)14-24(13-16-4-2-1-3-5-16)17-6-8-18(9-7-17)25-10-11-28-15-20(25)27;21-12-19(24)14-22(13-16-4-2-1-3-5-16)17-6-8-18(9-7-17)23-10-11-26-15-20(23)25;1-4-5(2)3;/h1-9,19,26H,10-15H2;1-9,19,24H,10-15,21H2;1H;1H/t2*19-;;/m00../s1. The highest BCUT2D eigenvalue weighted by Crippen LogP contribution is 2.25. The molecule has 2 amide bonds. The van der Waals surface area contributed by atoms with E-state index in [4.69, 9.17) is 35.5 Å². The molecule has 2 heterocycles. The molecule has 316 valence electrons. The monoisotopic (exact) mass is 834 g/mol. The lowest BCUT2D eigenvalue weighted by atomic mass is 10.1. The summed E-state index contributed by atoms with van der Waals surface area (Å²) in [7, 11) is -3.04. The highest BCUT2D eigenvalue weighted by molar-refractivity contribution is 7.30. The summed E-state index contributed by atoms with van der Waals surface area (Å²) < 4.78 is 22.0. The number of nitrogens with two attached hydrogens (primary N) is 1. The average Bonchev–Trinajstić information content (AvgIpc) is 3.27. The van der Waals surface area contributed by atoms with Crippen LogP contribution in [0.1, 0.15) is 12.6 Å². The van der Waals surface area contributed by atoms with Gasteiger partial charge in [-0.25, -0.2) is 5.26 Å². The molecule has 2 aliphatic heterocycles. The van der Waals surface area contributed by atoms with Gasteiger partial charge in [0.05, 0.1) is 32.0 Å². The second-order valence-corrected chi connectivity index (χ2v) is 13.8. The second kappa shape index (κ2) is 25.1. The number of benzene rings is 4. The van der Waals surface area contributed by atoms with Crippen LogP contribution in [0.15, 0.2) is 114 Å². The van der Waals surface area contributed by atoms with Crippen LogP contribution in [0.2, 0.25) is 0 Å². The van der Waals surface area contributed by atoms with Crippen LogP contribution in [-0.2, 0) is 41.4 Å². The van der Waals surface area contributed by atoms with E-state index in [1.807, 2.05) is 102 Å². The Labute approximate surface area is 344 Å². The summed E-state index contributed by atoms with van der Waals surface area (Å²) >= 11 is 0. The van der Waals surface area contributed by atoms with Gasteiger partial charge in [0.1, 0.15) is 13.2 Å². The number of morpholine rings is 2. The average molecular weight is 835 g/mol. The van der Waals surface area contributed by atoms with Crippen molar-refractivity contribution in [2.24, 2.45) is 10.8 Å². The summed E-state index contributed by atoms with van der Waals surface area (Å²) in [6, 6.07) is 35.5. The number of hydrogen-bond donors (Lipinski definition) is 4. The van der Waals surface area contributed by atoms with Crippen LogP contribution in [0.5, 0.6) is 0 Å². The molecule has 2 saturated heterocycles. The highest BCUT2D eigenvalue weighted by Gasteiger charge is 2.22. The second-order valence-electron chi connectivity index (χ2n) is 13.2. The minimum Gasteiger partial charge on any atom is -0.565 e. The van der Waals surface area contributed by atoms with E-state index in [0.29, 0.717) is 52.5 Å². The molecule has 0 saturated carbocycles. The minimum atomic E-state index is -3.04. The van der Waals surface area contributed by atoms with Crippen LogP contribution in [0.25, 0.3) is 10.4 Å². The fraction of sp³-hybridized carbons (Fsp3) is 0.350. The zero-order chi connectivity index (χ0) is 42.4. The normalized spacial score (nSPS) is 15.0. The number of ether oxygens (including phenoxy) is 2. The number of carbonyl (C=O) groups excluding carboxylic acids is 2. The third-order valence-corrected chi connectivity index (χ3v) is 9.15. The van der Waals surface area contributed by atoms with Gasteiger partial charge in [0.2, 0.25) is 0 Å². The maximum atomic E-state index is 12.0. The van der Waals surface area contributed by atoms with E-state index in [-0.39, 0.29) is 39.5 Å². The van der Waals surface area contributed by atoms with Gasteiger partial charge in [-0.05, 0) is 69.8 Å². The van der Waals surface area contributed by atoms with Crippen LogP contribution in [0, 0.1) is 0 Å². The first-order chi connectivity index (χ1) is 28.6. The zero-order valence-corrected chi connectivity index (χ0v) is 33.3. The van der Waals surface area contributed by atoms with E-state index in [2.05, 4.69) is 31.7 Å². The first-order valence-corrected chi connectivity index (χ1v) is 19.8. The van der Waals surface area contributed by atoms with E-state index in [9.17, 15) is 19.8 Å². The van der Waals surface area contributed by atoms with Gasteiger partial charge in [0.25, 0.3) is 11.8 Å². The lowest BCUT2D eigenvalue weighted by Crippen LogP contribution is -2.41. The predicted molar refractivity (Wildman–Crippen MR) is 223 cm³/mol. The minimum absolute atomic E-state index is 0. The molecule has 0 aromatic heterocycles. The number of amides is 2. The summed E-state index contributed by atoms with van der Waals surface area (Å²) in [5.74, 6) is -0.0753. The first-order valence-electron chi connectivity index (χ1n) is 18.7. The molecule has 4 aromatic rings. The third kappa shape index (κ3) is 15.7. The molecular formula is C40H51N8O10P. The van der Waals surface area contributed by atoms with Crippen LogP contribution in [-0.4, -0.2) is 105 Å². The van der Waals surface area contributed by atoms with Crippen LogP contribution in [0.4, 0.5) is 22.7 Å². The van der Waals surface area contributed by atoms with Gasteiger partial charge in [-0.2, -0.15) is 0 Å². The van der Waals surface area contributed by atoms with E-state index in [1.165, 1.54) is 0 Å². The van der Waals surface area contributed by atoms with Gasteiger partial charge in [-0.3, -0.25) is 9.59 Å². The molecule has 0 bridgehead atoms. The number of carbonyl (C=O) groups is 2. The van der Waals surface area contributed by atoms with Crippen molar-refractivity contribution in [3.05, 3.63) is 131 Å². The van der Waals surface area contributed by atoms with Crippen molar-refractivity contribution in [2.45, 2.75) is 25.3 Å². The molecule has 19 heteroatoms. The molecule has 0 radical (unpaired) electrons. The van der Waals surface area contributed by atoms with Crippen molar-refractivity contribution in [2.75, 3.05) is 85.3 Å². The Morgan fingerprint density at radius 1 is 0.780 bits per heavy atom. The third-order valence-electron chi connectivity index (χ3n) is 9.01. The first kappa shape index (κ1) is 46.2. The van der Waals surface area contributed by atoms with E-state index in [1.54, 1.807) is 9.80 Å². The Morgan fingerprint density at radius 2 is 1.19 bits per heavy atom. The van der Waals surface area contributed by atoms with E-state index < -0.39 is 20.5 Å². The predicted octanol–water partition coefficient (Wildman–Crippen LogP) is 3.84. The van der Waals surface area contributed by atoms with Crippen molar-refractivity contribution in [3.63, 3.8) is 0 Å². The lowest BCUT2D eigenvalue weighted by molar-refractivity contribution is -0.244. The lowest BCUT2D eigenvalue weighted by Gasteiger charge is -2.29. The Kier molecular flexibility index (Phi) is 19.7. The Balaban J connectivity index is 0.000000284. The molecule has 18 nitrogen and oxygen atoms in total. The maximum Gasteiger partial charge on any atom is 0.521 e. The molecule has 59 heavy (non-hydrogen) atoms. The summed E-state index contributed by atoms with van der Waals surface area (Å²) in [6.07, 6.45) is -1.38. The Hall–Kier alpha value is -5.49. The summed E-state index contributed by atoms with van der Waals surface area (Å²) in [5.41, 5.74) is 19.9. The van der Waals surface area contributed by atoms with Crippen molar-refractivity contribution < 1.29 is 50.1 Å².